The fourth-order valence-electron chi connectivity index (χ4n) is 3.82. The van der Waals surface area contributed by atoms with Crippen molar-refractivity contribution in [3.8, 4) is 0 Å². The number of morpholine rings is 1. The van der Waals surface area contributed by atoms with Crippen LogP contribution in [0.15, 0.2) is 24.3 Å². The van der Waals surface area contributed by atoms with Crippen LogP contribution in [0.5, 0.6) is 0 Å². The number of likely N-dealkylation sites (tertiary alicyclic amines) is 1. The van der Waals surface area contributed by atoms with E-state index >= 15 is 0 Å². The van der Waals surface area contributed by atoms with E-state index in [0.717, 1.165) is 63.8 Å². The number of urea groups is 1. The molecule has 2 N–H and O–H groups in total. The molecule has 3 rings (SSSR count). The molecule has 2 heterocycles. The topological polar surface area (TPSA) is 56.8 Å². The lowest BCUT2D eigenvalue weighted by atomic mass is 9.99. The summed E-state index contributed by atoms with van der Waals surface area (Å²) in [6.07, 6.45) is 3.62. The van der Waals surface area contributed by atoms with Gasteiger partial charge in [-0.3, -0.25) is 4.90 Å². The number of benzene rings is 1. The van der Waals surface area contributed by atoms with Crippen molar-refractivity contribution in [3.63, 3.8) is 0 Å². The lowest BCUT2D eigenvalue weighted by Crippen LogP contribution is -2.38. The van der Waals surface area contributed by atoms with Gasteiger partial charge in [-0.05, 0) is 55.9 Å². The summed E-state index contributed by atoms with van der Waals surface area (Å²) in [6.45, 7) is 11.7. The van der Waals surface area contributed by atoms with Crippen molar-refractivity contribution in [2.75, 3.05) is 52.5 Å². The van der Waals surface area contributed by atoms with E-state index in [2.05, 4.69) is 51.6 Å². The van der Waals surface area contributed by atoms with Gasteiger partial charge in [0, 0.05) is 32.7 Å². The number of piperidine rings is 1. The minimum Gasteiger partial charge on any atom is -0.379 e. The quantitative estimate of drug-likeness (QED) is 0.672. The Bertz CT molecular complexity index is 579. The third kappa shape index (κ3) is 7.41. The maximum Gasteiger partial charge on any atom is 0.315 e. The predicted octanol–water partition coefficient (Wildman–Crippen LogP) is 2.44. The molecule has 2 aliphatic rings. The van der Waals surface area contributed by atoms with E-state index in [4.69, 9.17) is 4.74 Å². The van der Waals surface area contributed by atoms with Gasteiger partial charge < -0.3 is 20.3 Å². The fraction of sp³-hybridized carbons (Fsp3) is 0.682. The molecule has 1 aromatic rings. The molecule has 2 amide bonds. The molecule has 2 aliphatic heterocycles. The lowest BCUT2D eigenvalue weighted by molar-refractivity contribution is 0.0342. The molecule has 1 aromatic carbocycles. The molecule has 0 atom stereocenters. The first-order valence-electron chi connectivity index (χ1n) is 10.8. The molecule has 6 heteroatoms. The summed E-state index contributed by atoms with van der Waals surface area (Å²) < 4.78 is 5.39. The molecule has 0 unspecified atom stereocenters. The standard InChI is InChI=1S/C22H36N4O2/c1-19-7-11-25(12-8-19)10-2-9-23-22(27)24-17-20-3-5-21(6-4-20)18-26-13-15-28-16-14-26/h3-6,19H,2,7-18H2,1H3,(H2,23,24,27). The van der Waals surface area contributed by atoms with Crippen molar-refractivity contribution in [3.05, 3.63) is 35.4 Å². The Balaban J connectivity index is 1.26. The number of carbonyl (C=O) groups is 1. The summed E-state index contributed by atoms with van der Waals surface area (Å²) in [7, 11) is 0. The maximum absolute atomic E-state index is 12.0. The molecular weight excluding hydrogens is 352 g/mol. The molecule has 2 fully saturated rings. The number of amides is 2. The van der Waals surface area contributed by atoms with Crippen molar-refractivity contribution in [2.45, 2.75) is 39.3 Å². The van der Waals surface area contributed by atoms with Gasteiger partial charge in [-0.15, -0.1) is 0 Å². The Kier molecular flexibility index (Phi) is 8.58. The zero-order valence-corrected chi connectivity index (χ0v) is 17.3. The Morgan fingerprint density at radius 2 is 1.68 bits per heavy atom. The van der Waals surface area contributed by atoms with Gasteiger partial charge in [-0.25, -0.2) is 4.79 Å². The van der Waals surface area contributed by atoms with E-state index in [0.29, 0.717) is 6.54 Å². The Morgan fingerprint density at radius 1 is 1.00 bits per heavy atom. The molecule has 2 saturated heterocycles. The van der Waals surface area contributed by atoms with E-state index in [-0.39, 0.29) is 6.03 Å². The number of hydrogen-bond donors (Lipinski definition) is 2. The summed E-state index contributed by atoms with van der Waals surface area (Å²) in [4.78, 5) is 16.9. The normalized spacial score (nSPS) is 19.5. The van der Waals surface area contributed by atoms with E-state index in [1.165, 1.54) is 31.5 Å². The smallest absolute Gasteiger partial charge is 0.315 e. The van der Waals surface area contributed by atoms with Gasteiger partial charge >= 0.3 is 6.03 Å². The first-order chi connectivity index (χ1) is 13.7. The average molecular weight is 389 g/mol. The fourth-order valence-corrected chi connectivity index (χ4v) is 3.82. The predicted molar refractivity (Wildman–Crippen MR) is 112 cm³/mol. The molecule has 0 bridgehead atoms. The van der Waals surface area contributed by atoms with Crippen LogP contribution in [0.1, 0.15) is 37.3 Å². The van der Waals surface area contributed by atoms with Crippen molar-refractivity contribution in [1.29, 1.82) is 0 Å². The minimum atomic E-state index is -0.0790. The molecule has 0 aliphatic carbocycles. The zero-order valence-electron chi connectivity index (χ0n) is 17.3. The number of nitrogens with one attached hydrogen (secondary N) is 2. The van der Waals surface area contributed by atoms with E-state index in [1.807, 2.05) is 0 Å². The number of rotatable bonds is 8. The summed E-state index contributed by atoms with van der Waals surface area (Å²) in [5.41, 5.74) is 2.44. The van der Waals surface area contributed by atoms with Gasteiger partial charge in [0.15, 0.2) is 0 Å². The molecule has 0 aromatic heterocycles. The van der Waals surface area contributed by atoms with Crippen molar-refractivity contribution in [2.24, 2.45) is 5.92 Å². The number of ether oxygens (including phenoxy) is 1. The van der Waals surface area contributed by atoms with Crippen LogP contribution in [0.2, 0.25) is 0 Å². The molecule has 0 saturated carbocycles. The number of nitrogens with zero attached hydrogens (tertiary/aromatic N) is 2. The van der Waals surface area contributed by atoms with Crippen LogP contribution in [0, 0.1) is 5.92 Å². The highest BCUT2D eigenvalue weighted by Crippen LogP contribution is 2.15. The molecule has 0 spiro atoms. The van der Waals surface area contributed by atoms with Crippen molar-refractivity contribution in [1.82, 2.24) is 20.4 Å². The van der Waals surface area contributed by atoms with E-state index in [1.54, 1.807) is 0 Å². The van der Waals surface area contributed by atoms with Gasteiger partial charge in [0.05, 0.1) is 13.2 Å². The first kappa shape index (κ1) is 21.1. The second-order valence-electron chi connectivity index (χ2n) is 8.19. The molecule has 0 radical (unpaired) electrons. The summed E-state index contributed by atoms with van der Waals surface area (Å²) in [5.74, 6) is 0.869. The molecule has 6 nitrogen and oxygen atoms in total. The van der Waals surface area contributed by atoms with E-state index < -0.39 is 0 Å². The Morgan fingerprint density at radius 3 is 2.39 bits per heavy atom. The summed E-state index contributed by atoms with van der Waals surface area (Å²) in [6, 6.07) is 8.44. The van der Waals surface area contributed by atoms with E-state index in [9.17, 15) is 4.79 Å². The minimum absolute atomic E-state index is 0.0790. The highest BCUT2D eigenvalue weighted by Gasteiger charge is 2.15. The van der Waals surface area contributed by atoms with Crippen molar-refractivity contribution >= 4 is 6.03 Å². The number of carbonyl (C=O) groups excluding carboxylic acids is 1. The van der Waals surface area contributed by atoms with Crippen LogP contribution in [-0.4, -0.2) is 68.3 Å². The van der Waals surface area contributed by atoms with Crippen molar-refractivity contribution < 1.29 is 9.53 Å². The average Bonchev–Trinajstić information content (AvgIpc) is 2.73. The second-order valence-corrected chi connectivity index (χ2v) is 8.19. The lowest BCUT2D eigenvalue weighted by Gasteiger charge is -2.30. The van der Waals surface area contributed by atoms with Crippen LogP contribution in [0.3, 0.4) is 0 Å². The third-order valence-electron chi connectivity index (χ3n) is 5.80. The van der Waals surface area contributed by atoms with Crippen LogP contribution in [0.25, 0.3) is 0 Å². The zero-order chi connectivity index (χ0) is 19.6. The molecule has 28 heavy (non-hydrogen) atoms. The largest absolute Gasteiger partial charge is 0.379 e. The van der Waals surface area contributed by atoms with Gasteiger partial charge in [-0.2, -0.15) is 0 Å². The summed E-state index contributed by atoms with van der Waals surface area (Å²) in [5, 5.41) is 5.93. The van der Waals surface area contributed by atoms with Crippen LogP contribution in [0.4, 0.5) is 4.79 Å². The highest BCUT2D eigenvalue weighted by molar-refractivity contribution is 5.73. The Labute approximate surface area is 169 Å². The highest BCUT2D eigenvalue weighted by atomic mass is 16.5. The van der Waals surface area contributed by atoms with Gasteiger partial charge in [0.2, 0.25) is 0 Å². The molecule has 156 valence electrons. The SMILES string of the molecule is CC1CCN(CCCNC(=O)NCc2ccc(CN3CCOCC3)cc2)CC1. The van der Waals surface area contributed by atoms with Crippen LogP contribution < -0.4 is 10.6 Å². The Hall–Kier alpha value is -1.63. The monoisotopic (exact) mass is 388 g/mol. The summed E-state index contributed by atoms with van der Waals surface area (Å²) >= 11 is 0. The third-order valence-corrected chi connectivity index (χ3v) is 5.80. The van der Waals surface area contributed by atoms with Gasteiger partial charge in [0.25, 0.3) is 0 Å². The molecular formula is C22H36N4O2. The number of hydrogen-bond acceptors (Lipinski definition) is 4. The first-order valence-corrected chi connectivity index (χ1v) is 10.8. The maximum atomic E-state index is 12.0. The van der Waals surface area contributed by atoms with Crippen LogP contribution >= 0.6 is 0 Å². The van der Waals surface area contributed by atoms with Crippen LogP contribution in [-0.2, 0) is 17.8 Å². The second kappa shape index (κ2) is 11.4. The van der Waals surface area contributed by atoms with Gasteiger partial charge in [-0.1, -0.05) is 31.2 Å². The van der Waals surface area contributed by atoms with Gasteiger partial charge in [0.1, 0.15) is 0 Å².